The molecule has 7 heteroatoms. The van der Waals surface area contributed by atoms with Gasteiger partial charge in [0.15, 0.2) is 0 Å². The van der Waals surface area contributed by atoms with E-state index in [-0.39, 0.29) is 22.7 Å². The number of nitrogens with zero attached hydrogens (tertiary/aromatic N) is 1. The number of rotatable bonds is 4. The predicted molar refractivity (Wildman–Crippen MR) is 71.4 cm³/mol. The van der Waals surface area contributed by atoms with E-state index >= 15 is 0 Å². The average molecular weight is 304 g/mol. The second-order valence-corrected chi connectivity index (χ2v) is 5.77. The van der Waals surface area contributed by atoms with Crippen LogP contribution >= 0.6 is 23.1 Å². The third kappa shape index (κ3) is 3.95. The minimum atomic E-state index is -4.25. The van der Waals surface area contributed by atoms with Crippen molar-refractivity contribution < 1.29 is 13.2 Å². The number of thioether (sulfide) groups is 1. The molecule has 2 aromatic rings. The largest absolute Gasteiger partial charge is 0.446 e. The van der Waals surface area contributed by atoms with E-state index in [0.29, 0.717) is 0 Å². The second-order valence-electron chi connectivity index (χ2n) is 3.71. The Bertz CT molecular complexity index is 509. The highest BCUT2D eigenvalue weighted by atomic mass is 32.2. The number of halogens is 3. The quantitative estimate of drug-likeness (QED) is 0.862. The van der Waals surface area contributed by atoms with Crippen LogP contribution in [0.3, 0.4) is 0 Å². The first-order chi connectivity index (χ1) is 8.99. The Balaban J connectivity index is 2.17. The molecule has 0 aliphatic heterocycles. The lowest BCUT2D eigenvalue weighted by Gasteiger charge is -2.14. The van der Waals surface area contributed by atoms with Gasteiger partial charge < -0.3 is 5.32 Å². The normalized spacial score (nSPS) is 13.5. The Morgan fingerprint density at radius 3 is 2.42 bits per heavy atom. The molecule has 0 saturated carbocycles. The van der Waals surface area contributed by atoms with E-state index < -0.39 is 5.51 Å². The molecule has 0 spiro atoms. The molecule has 1 N–H and O–H groups in total. The summed E-state index contributed by atoms with van der Waals surface area (Å²) < 4.78 is 36.7. The maximum Gasteiger partial charge on any atom is 0.446 e. The molecule has 1 aromatic heterocycles. The second kappa shape index (κ2) is 5.94. The number of thiazole rings is 1. The van der Waals surface area contributed by atoms with Crippen LogP contribution in [0.15, 0.2) is 40.7 Å². The Kier molecular flexibility index (Phi) is 4.49. The number of alkyl halides is 3. The van der Waals surface area contributed by atoms with Crippen LogP contribution in [0.1, 0.15) is 16.6 Å². The molecule has 102 valence electrons. The molecule has 0 bridgehead atoms. The van der Waals surface area contributed by atoms with Gasteiger partial charge in [-0.05, 0) is 36.5 Å². The fourth-order valence-corrected chi connectivity index (χ4v) is 2.98. The van der Waals surface area contributed by atoms with Gasteiger partial charge in [0.1, 0.15) is 5.01 Å². The van der Waals surface area contributed by atoms with Crippen molar-refractivity contribution >= 4 is 23.1 Å². The van der Waals surface area contributed by atoms with E-state index in [2.05, 4.69) is 10.3 Å². The predicted octanol–water partition coefficient (Wildman–Crippen LogP) is 4.06. The van der Waals surface area contributed by atoms with Gasteiger partial charge in [0.25, 0.3) is 0 Å². The monoisotopic (exact) mass is 304 g/mol. The minimum absolute atomic E-state index is 0.0927. The number of hydrogen-bond donors (Lipinski definition) is 1. The summed E-state index contributed by atoms with van der Waals surface area (Å²) in [4.78, 5) is 4.40. The molecule has 0 amide bonds. The van der Waals surface area contributed by atoms with Gasteiger partial charge in [0, 0.05) is 16.5 Å². The smallest absolute Gasteiger partial charge is 0.307 e. The highest BCUT2D eigenvalue weighted by molar-refractivity contribution is 8.00. The summed E-state index contributed by atoms with van der Waals surface area (Å²) in [6.07, 6.45) is 1.71. The highest BCUT2D eigenvalue weighted by Crippen LogP contribution is 2.37. The summed E-state index contributed by atoms with van der Waals surface area (Å²) in [7, 11) is 1.80. The summed E-state index contributed by atoms with van der Waals surface area (Å²) in [6, 6.07) is 6.24. The van der Waals surface area contributed by atoms with E-state index in [4.69, 9.17) is 0 Å². The van der Waals surface area contributed by atoms with Crippen molar-refractivity contribution in [3.8, 4) is 0 Å². The van der Waals surface area contributed by atoms with Gasteiger partial charge in [-0.15, -0.1) is 11.3 Å². The molecule has 2 nitrogen and oxygen atoms in total. The molecule has 1 aromatic carbocycles. The van der Waals surface area contributed by atoms with Gasteiger partial charge in [-0.25, -0.2) is 4.98 Å². The number of aromatic nitrogens is 1. The molecule has 0 aliphatic carbocycles. The molecular weight excluding hydrogens is 293 g/mol. The zero-order valence-electron chi connectivity index (χ0n) is 9.94. The van der Waals surface area contributed by atoms with E-state index in [1.54, 1.807) is 25.4 Å². The van der Waals surface area contributed by atoms with E-state index in [0.717, 1.165) is 10.6 Å². The van der Waals surface area contributed by atoms with Crippen LogP contribution in [0.25, 0.3) is 0 Å². The third-order valence-electron chi connectivity index (χ3n) is 2.43. The van der Waals surface area contributed by atoms with E-state index in [9.17, 15) is 13.2 Å². The van der Waals surface area contributed by atoms with E-state index in [1.807, 2.05) is 5.38 Å². The summed E-state index contributed by atoms with van der Waals surface area (Å²) in [5.74, 6) is 0. The Hall–Kier alpha value is -1.05. The fraction of sp³-hybridized carbons (Fsp3) is 0.250. The molecule has 0 saturated heterocycles. The first kappa shape index (κ1) is 14.4. The maximum absolute atomic E-state index is 12.2. The van der Waals surface area contributed by atoms with Crippen molar-refractivity contribution in [3.63, 3.8) is 0 Å². The van der Waals surface area contributed by atoms with Crippen LogP contribution in [0.4, 0.5) is 13.2 Å². The summed E-state index contributed by atoms with van der Waals surface area (Å²) >= 11 is 1.40. The molecule has 0 aliphatic rings. The van der Waals surface area contributed by atoms with Gasteiger partial charge in [0.2, 0.25) is 0 Å². The van der Waals surface area contributed by atoms with Gasteiger partial charge in [-0.1, -0.05) is 12.1 Å². The lowest BCUT2D eigenvalue weighted by Crippen LogP contribution is -2.17. The summed E-state index contributed by atoms with van der Waals surface area (Å²) in [5.41, 5.74) is -3.36. The summed E-state index contributed by atoms with van der Waals surface area (Å²) in [6.45, 7) is 0. The first-order valence-corrected chi connectivity index (χ1v) is 7.11. The van der Waals surface area contributed by atoms with Crippen molar-refractivity contribution in [1.82, 2.24) is 10.3 Å². The van der Waals surface area contributed by atoms with Crippen LogP contribution in [0.5, 0.6) is 0 Å². The van der Waals surface area contributed by atoms with Crippen molar-refractivity contribution in [2.24, 2.45) is 0 Å². The lowest BCUT2D eigenvalue weighted by molar-refractivity contribution is -0.0328. The molecular formula is C12H11F3N2S2. The molecule has 1 unspecified atom stereocenters. The van der Waals surface area contributed by atoms with Crippen molar-refractivity contribution in [3.05, 3.63) is 46.4 Å². The van der Waals surface area contributed by atoms with Crippen LogP contribution in [-0.4, -0.2) is 17.5 Å². The molecule has 0 fully saturated rings. The lowest BCUT2D eigenvalue weighted by atomic mass is 10.1. The number of benzene rings is 1. The van der Waals surface area contributed by atoms with Crippen molar-refractivity contribution in [2.45, 2.75) is 16.4 Å². The molecule has 2 rings (SSSR count). The molecule has 1 atom stereocenters. The average Bonchev–Trinajstić information content (AvgIpc) is 2.84. The molecule has 19 heavy (non-hydrogen) atoms. The fourth-order valence-electron chi connectivity index (χ4n) is 1.67. The van der Waals surface area contributed by atoms with Crippen LogP contribution in [0.2, 0.25) is 0 Å². The third-order valence-corrected chi connectivity index (χ3v) is 4.01. The number of nitrogens with one attached hydrogen (secondary N) is 1. The van der Waals surface area contributed by atoms with Gasteiger partial charge in [0.05, 0.1) is 6.04 Å². The minimum Gasteiger partial charge on any atom is -0.307 e. The standard InChI is InChI=1S/C12H11F3N2S2/c1-16-10(11-17-6-7-18-11)8-2-4-9(5-3-8)19-12(13,14)15/h2-7,10,16H,1H3. The Morgan fingerprint density at radius 2 is 1.95 bits per heavy atom. The maximum atomic E-state index is 12.2. The SMILES string of the molecule is CNC(c1ccc(SC(F)(F)F)cc1)c1nccs1. The van der Waals surface area contributed by atoms with E-state index in [1.165, 1.54) is 23.5 Å². The molecule has 0 radical (unpaired) electrons. The van der Waals surface area contributed by atoms with Gasteiger partial charge >= 0.3 is 5.51 Å². The highest BCUT2D eigenvalue weighted by Gasteiger charge is 2.29. The van der Waals surface area contributed by atoms with Crippen LogP contribution in [-0.2, 0) is 0 Å². The first-order valence-electron chi connectivity index (χ1n) is 5.42. The molecule has 1 heterocycles. The summed E-state index contributed by atoms with van der Waals surface area (Å²) in [5, 5.41) is 5.86. The van der Waals surface area contributed by atoms with Gasteiger partial charge in [-0.2, -0.15) is 13.2 Å². The van der Waals surface area contributed by atoms with Gasteiger partial charge in [-0.3, -0.25) is 0 Å². The zero-order chi connectivity index (χ0) is 13.9. The number of hydrogen-bond acceptors (Lipinski definition) is 4. The van der Waals surface area contributed by atoms with Crippen molar-refractivity contribution in [1.29, 1.82) is 0 Å². The topological polar surface area (TPSA) is 24.9 Å². The van der Waals surface area contributed by atoms with Crippen LogP contribution in [0, 0.1) is 0 Å². The zero-order valence-corrected chi connectivity index (χ0v) is 11.6. The Labute approximate surface area is 117 Å². The van der Waals surface area contributed by atoms with Crippen LogP contribution < -0.4 is 5.32 Å². The Morgan fingerprint density at radius 1 is 1.26 bits per heavy atom. The van der Waals surface area contributed by atoms with Crippen molar-refractivity contribution in [2.75, 3.05) is 7.05 Å².